The number of sulfonamides is 1. The first kappa shape index (κ1) is 30.6. The first-order valence-corrected chi connectivity index (χ1v) is 14.5. The number of nitrogens with zero attached hydrogens (tertiary/aromatic N) is 2. The largest absolute Gasteiger partial charge is 0.497 e. The summed E-state index contributed by atoms with van der Waals surface area (Å²) in [5.74, 6) is -0.593. The summed E-state index contributed by atoms with van der Waals surface area (Å²) in [6.07, 6.45) is -0.439. The molecule has 0 bridgehead atoms. The van der Waals surface area contributed by atoms with Crippen molar-refractivity contribution in [1.82, 2.24) is 10.2 Å². The highest BCUT2D eigenvalue weighted by molar-refractivity contribution is 7.92. The summed E-state index contributed by atoms with van der Waals surface area (Å²) in [6.45, 7) is 0.656. The molecule has 0 aromatic heterocycles. The lowest BCUT2D eigenvalue weighted by molar-refractivity contribution is -0.139. The van der Waals surface area contributed by atoms with E-state index in [2.05, 4.69) is 5.32 Å². The van der Waals surface area contributed by atoms with Gasteiger partial charge in [-0.05, 0) is 55.7 Å². The van der Waals surface area contributed by atoms with Crippen LogP contribution in [0.2, 0.25) is 5.02 Å². The lowest BCUT2D eigenvalue weighted by Gasteiger charge is -2.32. The fourth-order valence-corrected chi connectivity index (χ4v) is 5.47. The Bertz CT molecular complexity index is 1280. The molecule has 1 fully saturated rings. The zero-order chi connectivity index (χ0) is 29.0. The maximum absolute atomic E-state index is 13.6. The highest BCUT2D eigenvalue weighted by Crippen LogP contribution is 2.37. The predicted octanol–water partition coefficient (Wildman–Crippen LogP) is 4.61. The third-order valence-electron chi connectivity index (χ3n) is 6.60. The number of carbonyl (C=O) groups is 2. The number of hydrogen-bond acceptors (Lipinski definition) is 5. The number of amides is 2. The molecule has 0 unspecified atom stereocenters. The number of alkyl halides is 3. The van der Waals surface area contributed by atoms with Crippen LogP contribution in [0.3, 0.4) is 0 Å². The van der Waals surface area contributed by atoms with Gasteiger partial charge in [0.1, 0.15) is 18.3 Å². The number of halogens is 4. The molecule has 1 aliphatic carbocycles. The third kappa shape index (κ3) is 8.01. The first-order chi connectivity index (χ1) is 18.2. The Kier molecular flexibility index (Phi) is 9.76. The minimum absolute atomic E-state index is 0.0136. The second-order valence-corrected chi connectivity index (χ2v) is 11.8. The molecule has 0 saturated heterocycles. The molecule has 1 N–H and O–H groups in total. The van der Waals surface area contributed by atoms with Crippen molar-refractivity contribution in [3.05, 3.63) is 58.6 Å². The van der Waals surface area contributed by atoms with Crippen LogP contribution in [-0.2, 0) is 32.3 Å². The molecule has 2 aromatic rings. The van der Waals surface area contributed by atoms with Gasteiger partial charge in [-0.3, -0.25) is 13.9 Å². The predicted molar refractivity (Wildman–Crippen MR) is 142 cm³/mol. The topological polar surface area (TPSA) is 96.0 Å². The van der Waals surface area contributed by atoms with Gasteiger partial charge < -0.3 is 15.0 Å². The Morgan fingerprint density at radius 3 is 2.28 bits per heavy atom. The molecule has 0 heterocycles. The van der Waals surface area contributed by atoms with Crippen LogP contribution < -0.4 is 14.4 Å². The van der Waals surface area contributed by atoms with Crippen molar-refractivity contribution in [1.29, 1.82) is 0 Å². The molecule has 8 nitrogen and oxygen atoms in total. The standard InChI is InChI=1S/C26H31ClF3N3O5S/c1-17(25(35)31-19-6-4-5-7-19)32(15-18-8-11-21(38-2)12-9-18)24(34)16-33(39(3,36)37)20-10-13-23(27)22(14-20)26(28,29)30/h8-14,17,19H,4-7,15-16H2,1-3H3,(H,31,35)/t17-/m0/s1. The van der Waals surface area contributed by atoms with E-state index in [0.717, 1.165) is 44.1 Å². The van der Waals surface area contributed by atoms with Crippen molar-refractivity contribution < 1.29 is 35.9 Å². The summed E-state index contributed by atoms with van der Waals surface area (Å²) in [5, 5.41) is 2.33. The quantitative estimate of drug-likeness (QED) is 0.437. The molecule has 1 saturated carbocycles. The van der Waals surface area contributed by atoms with Gasteiger partial charge in [-0.25, -0.2) is 8.42 Å². The Labute approximate surface area is 231 Å². The fourth-order valence-electron chi connectivity index (χ4n) is 4.40. The summed E-state index contributed by atoms with van der Waals surface area (Å²) in [6, 6.07) is 8.35. The number of rotatable bonds is 10. The summed E-state index contributed by atoms with van der Waals surface area (Å²) >= 11 is 5.70. The van der Waals surface area contributed by atoms with Gasteiger partial charge in [-0.15, -0.1) is 0 Å². The van der Waals surface area contributed by atoms with Gasteiger partial charge in [0, 0.05) is 12.6 Å². The molecule has 13 heteroatoms. The first-order valence-electron chi connectivity index (χ1n) is 12.3. The zero-order valence-corrected chi connectivity index (χ0v) is 23.4. The second-order valence-electron chi connectivity index (χ2n) is 9.47. The normalized spacial score (nSPS) is 15.1. The third-order valence-corrected chi connectivity index (χ3v) is 8.07. The molecule has 39 heavy (non-hydrogen) atoms. The molecule has 2 aromatic carbocycles. The van der Waals surface area contributed by atoms with Crippen LogP contribution in [0, 0.1) is 0 Å². The summed E-state index contributed by atoms with van der Waals surface area (Å²) in [5.41, 5.74) is -0.974. The number of nitrogens with one attached hydrogen (secondary N) is 1. The lowest BCUT2D eigenvalue weighted by atomic mass is 10.1. The Morgan fingerprint density at radius 2 is 1.74 bits per heavy atom. The van der Waals surface area contributed by atoms with Crippen LogP contribution in [-0.4, -0.2) is 57.1 Å². The SMILES string of the molecule is COc1ccc(CN(C(=O)CN(c2ccc(Cl)c(C(F)(F)F)c2)S(C)(=O)=O)[C@@H](C)C(=O)NC2CCCC2)cc1. The van der Waals surface area contributed by atoms with Crippen molar-refractivity contribution in [2.24, 2.45) is 0 Å². The van der Waals surface area contributed by atoms with Crippen molar-refractivity contribution >= 4 is 39.1 Å². The van der Waals surface area contributed by atoms with E-state index in [0.29, 0.717) is 21.7 Å². The summed E-state index contributed by atoms with van der Waals surface area (Å²) in [7, 11) is -2.71. The average Bonchev–Trinajstić information content (AvgIpc) is 3.37. The monoisotopic (exact) mass is 589 g/mol. The Balaban J connectivity index is 1.93. The Morgan fingerprint density at radius 1 is 1.13 bits per heavy atom. The van der Waals surface area contributed by atoms with Crippen LogP contribution in [0.5, 0.6) is 5.75 Å². The van der Waals surface area contributed by atoms with Crippen LogP contribution in [0.1, 0.15) is 43.7 Å². The number of hydrogen-bond donors (Lipinski definition) is 1. The number of ether oxygens (including phenoxy) is 1. The van der Waals surface area contributed by atoms with Gasteiger partial charge in [-0.2, -0.15) is 13.2 Å². The fraction of sp³-hybridized carbons (Fsp3) is 0.462. The van der Waals surface area contributed by atoms with Crippen LogP contribution >= 0.6 is 11.6 Å². The van der Waals surface area contributed by atoms with Gasteiger partial charge in [0.05, 0.1) is 29.6 Å². The van der Waals surface area contributed by atoms with E-state index in [4.69, 9.17) is 16.3 Å². The van der Waals surface area contributed by atoms with E-state index >= 15 is 0 Å². The van der Waals surface area contributed by atoms with Crippen LogP contribution in [0.15, 0.2) is 42.5 Å². The second kappa shape index (κ2) is 12.5. The van der Waals surface area contributed by atoms with E-state index in [9.17, 15) is 31.2 Å². The van der Waals surface area contributed by atoms with Crippen molar-refractivity contribution in [3.8, 4) is 5.75 Å². The van der Waals surface area contributed by atoms with Gasteiger partial charge in [0.15, 0.2) is 0 Å². The number of anilines is 1. The van der Waals surface area contributed by atoms with Gasteiger partial charge >= 0.3 is 6.18 Å². The molecule has 0 spiro atoms. The van der Waals surface area contributed by atoms with E-state index in [1.54, 1.807) is 24.3 Å². The minimum Gasteiger partial charge on any atom is -0.497 e. The smallest absolute Gasteiger partial charge is 0.417 e. The maximum atomic E-state index is 13.6. The molecular weight excluding hydrogens is 559 g/mol. The molecule has 214 valence electrons. The zero-order valence-electron chi connectivity index (χ0n) is 21.8. The minimum atomic E-state index is -4.84. The molecular formula is C26H31ClF3N3O5S. The number of methoxy groups -OCH3 is 1. The van der Waals surface area contributed by atoms with Crippen molar-refractivity contribution in [3.63, 3.8) is 0 Å². The van der Waals surface area contributed by atoms with E-state index in [1.807, 2.05) is 0 Å². The number of carbonyl (C=O) groups excluding carboxylic acids is 2. The van der Waals surface area contributed by atoms with Crippen molar-refractivity contribution in [2.45, 2.75) is 57.4 Å². The van der Waals surface area contributed by atoms with Crippen LogP contribution in [0.4, 0.5) is 18.9 Å². The summed E-state index contributed by atoms with van der Waals surface area (Å²) in [4.78, 5) is 27.9. The average molecular weight is 590 g/mol. The van der Waals surface area contributed by atoms with Crippen LogP contribution in [0.25, 0.3) is 0 Å². The van der Waals surface area contributed by atoms with Gasteiger partial charge in [-0.1, -0.05) is 36.6 Å². The molecule has 2 amide bonds. The van der Waals surface area contributed by atoms with E-state index in [-0.39, 0.29) is 18.3 Å². The van der Waals surface area contributed by atoms with E-state index < -0.39 is 51.2 Å². The lowest BCUT2D eigenvalue weighted by Crippen LogP contribution is -2.52. The van der Waals surface area contributed by atoms with Gasteiger partial charge in [0.25, 0.3) is 0 Å². The highest BCUT2D eigenvalue weighted by atomic mass is 35.5. The summed E-state index contributed by atoms with van der Waals surface area (Å²) < 4.78 is 71.4. The molecule has 0 radical (unpaired) electrons. The Hall–Kier alpha value is -2.99. The van der Waals surface area contributed by atoms with Crippen molar-refractivity contribution in [2.75, 3.05) is 24.2 Å². The molecule has 3 rings (SSSR count). The van der Waals surface area contributed by atoms with E-state index in [1.165, 1.54) is 18.9 Å². The molecule has 1 aliphatic rings. The van der Waals surface area contributed by atoms with Gasteiger partial charge in [0.2, 0.25) is 21.8 Å². The number of benzene rings is 2. The molecule has 1 atom stereocenters. The maximum Gasteiger partial charge on any atom is 0.417 e. The molecule has 0 aliphatic heterocycles. The highest BCUT2D eigenvalue weighted by Gasteiger charge is 2.36.